The molecule has 128 valence electrons. The van der Waals surface area contributed by atoms with Gasteiger partial charge in [0.2, 0.25) is 0 Å². The molecule has 0 atom stereocenters. The predicted octanol–water partition coefficient (Wildman–Crippen LogP) is 2.87. The molecule has 1 aromatic carbocycles. The monoisotopic (exact) mass is 365 g/mol. The Morgan fingerprint density at radius 2 is 2.04 bits per heavy atom. The number of carbonyl (C=O) groups is 1. The Kier molecular flexibility index (Phi) is 5.84. The van der Waals surface area contributed by atoms with E-state index in [4.69, 9.17) is 16.3 Å². The van der Waals surface area contributed by atoms with Gasteiger partial charge in [0.15, 0.2) is 0 Å². The smallest absolute Gasteiger partial charge is 0.263 e. The lowest BCUT2D eigenvalue weighted by Gasteiger charge is -2.25. The second kappa shape index (κ2) is 8.07. The van der Waals surface area contributed by atoms with Gasteiger partial charge in [0.25, 0.3) is 5.91 Å². The zero-order chi connectivity index (χ0) is 16.9. The van der Waals surface area contributed by atoms with Crippen molar-refractivity contribution >= 4 is 28.8 Å². The molecule has 0 radical (unpaired) electrons. The molecule has 24 heavy (non-hydrogen) atoms. The van der Waals surface area contributed by atoms with Crippen LogP contribution in [0.5, 0.6) is 0 Å². The van der Waals surface area contributed by atoms with Crippen molar-refractivity contribution in [3.63, 3.8) is 0 Å². The molecule has 1 N–H and O–H groups in total. The van der Waals surface area contributed by atoms with Gasteiger partial charge in [-0.25, -0.2) is 4.98 Å². The number of halogens is 1. The summed E-state index contributed by atoms with van der Waals surface area (Å²) in [6, 6.07) is 7.46. The highest BCUT2D eigenvalue weighted by atomic mass is 35.5. The molecular weight excluding hydrogens is 346 g/mol. The van der Waals surface area contributed by atoms with Gasteiger partial charge in [0.1, 0.15) is 9.88 Å². The number of aryl methyl sites for hydroxylation is 1. The molecule has 0 unspecified atom stereocenters. The van der Waals surface area contributed by atoms with Crippen LogP contribution in [-0.4, -0.2) is 42.1 Å². The number of thiazole rings is 1. The largest absolute Gasteiger partial charge is 0.379 e. The molecule has 1 aliphatic rings. The Balaban J connectivity index is 1.59. The highest BCUT2D eigenvalue weighted by Gasteiger charge is 2.18. The van der Waals surface area contributed by atoms with Gasteiger partial charge in [-0.1, -0.05) is 23.7 Å². The van der Waals surface area contributed by atoms with Gasteiger partial charge in [-0.05, 0) is 24.6 Å². The zero-order valence-electron chi connectivity index (χ0n) is 13.5. The third-order valence-electron chi connectivity index (χ3n) is 3.88. The average molecular weight is 366 g/mol. The summed E-state index contributed by atoms with van der Waals surface area (Å²) in [5.41, 5.74) is 1.81. The maximum absolute atomic E-state index is 12.4. The number of morpholine rings is 1. The first kappa shape index (κ1) is 17.4. The summed E-state index contributed by atoms with van der Waals surface area (Å²) < 4.78 is 5.35. The van der Waals surface area contributed by atoms with Crippen molar-refractivity contribution < 1.29 is 9.53 Å². The van der Waals surface area contributed by atoms with Crippen LogP contribution in [0, 0.1) is 6.92 Å². The Hall–Kier alpha value is -1.47. The van der Waals surface area contributed by atoms with Crippen molar-refractivity contribution in [2.45, 2.75) is 20.0 Å². The van der Waals surface area contributed by atoms with Crippen LogP contribution >= 0.6 is 22.9 Å². The second-order valence-corrected chi connectivity index (χ2v) is 7.24. The molecular formula is C17H20ClN3O2S. The lowest BCUT2D eigenvalue weighted by Crippen LogP contribution is -2.35. The minimum atomic E-state index is -0.0758. The molecule has 3 rings (SSSR count). The van der Waals surface area contributed by atoms with Crippen molar-refractivity contribution in [3.8, 4) is 0 Å². The highest BCUT2D eigenvalue weighted by Crippen LogP contribution is 2.20. The molecule has 1 saturated heterocycles. The lowest BCUT2D eigenvalue weighted by molar-refractivity contribution is 0.0341. The van der Waals surface area contributed by atoms with E-state index in [9.17, 15) is 4.79 Å². The molecule has 0 bridgehead atoms. The van der Waals surface area contributed by atoms with E-state index in [1.807, 2.05) is 31.2 Å². The number of hydrogen-bond donors (Lipinski definition) is 1. The maximum Gasteiger partial charge on any atom is 0.263 e. The number of nitrogens with zero attached hydrogens (tertiary/aromatic N) is 2. The van der Waals surface area contributed by atoms with E-state index < -0.39 is 0 Å². The first-order valence-electron chi connectivity index (χ1n) is 7.91. The van der Waals surface area contributed by atoms with Gasteiger partial charge in [-0.2, -0.15) is 0 Å². The zero-order valence-corrected chi connectivity index (χ0v) is 15.1. The normalized spacial score (nSPS) is 15.4. The molecule has 5 nitrogen and oxygen atoms in total. The Morgan fingerprint density at radius 3 is 2.75 bits per heavy atom. The number of aromatic nitrogens is 1. The molecule has 1 amide bonds. The van der Waals surface area contributed by atoms with Crippen molar-refractivity contribution in [2.75, 3.05) is 26.3 Å². The summed E-state index contributed by atoms with van der Waals surface area (Å²) in [6.07, 6.45) is 0. The fraction of sp³-hybridized carbons (Fsp3) is 0.412. The highest BCUT2D eigenvalue weighted by molar-refractivity contribution is 7.13. The SMILES string of the molecule is Cc1nc(CN2CCOCC2)sc1C(=O)NCc1ccc(Cl)cc1. The van der Waals surface area contributed by atoms with E-state index in [1.165, 1.54) is 11.3 Å². The van der Waals surface area contributed by atoms with E-state index in [1.54, 1.807) is 0 Å². The summed E-state index contributed by atoms with van der Waals surface area (Å²) in [7, 11) is 0. The molecule has 0 saturated carbocycles. The summed E-state index contributed by atoms with van der Waals surface area (Å²) in [5, 5.41) is 4.62. The van der Waals surface area contributed by atoms with Crippen LogP contribution in [0.1, 0.15) is 25.9 Å². The third kappa shape index (κ3) is 4.54. The van der Waals surface area contributed by atoms with Crippen molar-refractivity contribution in [1.29, 1.82) is 0 Å². The number of rotatable bonds is 5. The fourth-order valence-electron chi connectivity index (χ4n) is 2.55. The molecule has 1 aromatic heterocycles. The van der Waals surface area contributed by atoms with Crippen LogP contribution in [0.2, 0.25) is 5.02 Å². The first-order valence-corrected chi connectivity index (χ1v) is 9.10. The molecule has 2 aromatic rings. The number of benzene rings is 1. The van der Waals surface area contributed by atoms with E-state index in [0.29, 0.717) is 16.4 Å². The van der Waals surface area contributed by atoms with Gasteiger partial charge in [0.05, 0.1) is 25.5 Å². The summed E-state index contributed by atoms with van der Waals surface area (Å²) in [4.78, 5) is 20.0. The standard InChI is InChI=1S/C17H20ClN3O2S/c1-12-16(17(22)19-10-13-2-4-14(18)5-3-13)24-15(20-12)11-21-6-8-23-9-7-21/h2-5H,6-11H2,1H3,(H,19,22). The Bertz CT molecular complexity index is 696. The van der Waals surface area contributed by atoms with Crippen LogP contribution in [-0.2, 0) is 17.8 Å². The van der Waals surface area contributed by atoms with Crippen LogP contribution in [0.3, 0.4) is 0 Å². The first-order chi connectivity index (χ1) is 11.6. The third-order valence-corrected chi connectivity index (χ3v) is 5.27. The number of carbonyl (C=O) groups excluding carboxylic acids is 1. The van der Waals surface area contributed by atoms with Crippen LogP contribution < -0.4 is 5.32 Å². The Morgan fingerprint density at radius 1 is 1.33 bits per heavy atom. The summed E-state index contributed by atoms with van der Waals surface area (Å²) in [6.45, 7) is 6.49. The van der Waals surface area contributed by atoms with Crippen LogP contribution in [0.4, 0.5) is 0 Å². The van der Waals surface area contributed by atoms with Gasteiger partial charge in [0, 0.05) is 24.7 Å². The molecule has 1 fully saturated rings. The Labute approximate surface area is 150 Å². The van der Waals surface area contributed by atoms with Gasteiger partial charge in [-0.15, -0.1) is 11.3 Å². The topological polar surface area (TPSA) is 54.5 Å². The van der Waals surface area contributed by atoms with Gasteiger partial charge < -0.3 is 10.1 Å². The maximum atomic E-state index is 12.4. The predicted molar refractivity (Wildman–Crippen MR) is 95.6 cm³/mol. The van der Waals surface area contributed by atoms with E-state index in [2.05, 4.69) is 15.2 Å². The van der Waals surface area contributed by atoms with Gasteiger partial charge >= 0.3 is 0 Å². The molecule has 2 heterocycles. The number of hydrogen-bond acceptors (Lipinski definition) is 5. The fourth-order valence-corrected chi connectivity index (χ4v) is 3.70. The van der Waals surface area contributed by atoms with E-state index in [0.717, 1.165) is 49.1 Å². The van der Waals surface area contributed by atoms with Crippen LogP contribution in [0.15, 0.2) is 24.3 Å². The second-order valence-electron chi connectivity index (χ2n) is 5.72. The minimum absolute atomic E-state index is 0.0758. The summed E-state index contributed by atoms with van der Waals surface area (Å²) >= 11 is 7.34. The molecule has 7 heteroatoms. The number of nitrogens with one attached hydrogen (secondary N) is 1. The number of ether oxygens (including phenoxy) is 1. The average Bonchev–Trinajstić information content (AvgIpc) is 2.95. The molecule has 0 aliphatic carbocycles. The van der Waals surface area contributed by atoms with Crippen molar-refractivity contribution in [1.82, 2.24) is 15.2 Å². The minimum Gasteiger partial charge on any atom is -0.379 e. The molecule has 1 aliphatic heterocycles. The summed E-state index contributed by atoms with van der Waals surface area (Å²) in [5.74, 6) is -0.0758. The van der Waals surface area contributed by atoms with E-state index in [-0.39, 0.29) is 5.91 Å². The molecule has 0 spiro atoms. The van der Waals surface area contributed by atoms with Crippen molar-refractivity contribution in [3.05, 3.63) is 50.4 Å². The lowest BCUT2D eigenvalue weighted by atomic mass is 10.2. The van der Waals surface area contributed by atoms with Gasteiger partial charge in [-0.3, -0.25) is 9.69 Å². The number of amides is 1. The van der Waals surface area contributed by atoms with Crippen LogP contribution in [0.25, 0.3) is 0 Å². The van der Waals surface area contributed by atoms with E-state index >= 15 is 0 Å². The van der Waals surface area contributed by atoms with Crippen molar-refractivity contribution in [2.24, 2.45) is 0 Å². The quantitative estimate of drug-likeness (QED) is 0.885.